The molecular formula is C16H16N2O2S. The number of hydrogen-bond donors (Lipinski definition) is 0. The van der Waals surface area contributed by atoms with Crippen LogP contribution < -0.4 is 10.3 Å². The Bertz CT molecular complexity index is 864. The number of methoxy groups -OCH3 is 1. The summed E-state index contributed by atoms with van der Waals surface area (Å²) in [7, 11) is 1.66. The molecule has 0 radical (unpaired) electrons. The van der Waals surface area contributed by atoms with Gasteiger partial charge in [0.25, 0.3) is 5.56 Å². The second kappa shape index (κ2) is 5.33. The Kier molecular flexibility index (Phi) is 3.51. The zero-order chi connectivity index (χ0) is 15.0. The van der Waals surface area contributed by atoms with Crippen molar-refractivity contribution in [3.05, 3.63) is 57.1 Å². The molecule has 3 heterocycles. The number of ether oxygens (including phenoxy) is 1. The van der Waals surface area contributed by atoms with Crippen LogP contribution in [0.2, 0.25) is 0 Å². The van der Waals surface area contributed by atoms with Gasteiger partial charge in [-0.3, -0.25) is 9.78 Å². The Hall–Kier alpha value is -2.14. The molecular weight excluding hydrogens is 284 g/mol. The van der Waals surface area contributed by atoms with Gasteiger partial charge in [0.1, 0.15) is 5.75 Å². The normalized spacial score (nSPS) is 11.0. The van der Waals surface area contributed by atoms with E-state index in [1.807, 2.05) is 37.6 Å². The van der Waals surface area contributed by atoms with E-state index in [1.54, 1.807) is 29.2 Å². The molecule has 0 fully saturated rings. The highest BCUT2D eigenvalue weighted by Crippen LogP contribution is 2.24. The highest BCUT2D eigenvalue weighted by atomic mass is 32.1. The van der Waals surface area contributed by atoms with Gasteiger partial charge in [-0.15, -0.1) is 11.3 Å². The Labute approximate surface area is 126 Å². The van der Waals surface area contributed by atoms with E-state index in [9.17, 15) is 4.79 Å². The van der Waals surface area contributed by atoms with Crippen molar-refractivity contribution in [2.75, 3.05) is 7.11 Å². The standard InChI is InChI=1S/C16H16N2O2S/c1-10-8-17-13(11(2)15(10)20-3)9-18-6-4-14-12(16(18)19)5-7-21-14/h4-8H,9H2,1-3H3. The highest BCUT2D eigenvalue weighted by Gasteiger charge is 2.11. The summed E-state index contributed by atoms with van der Waals surface area (Å²) in [6, 6.07) is 3.84. The molecule has 4 nitrogen and oxygen atoms in total. The average molecular weight is 300 g/mol. The van der Waals surface area contributed by atoms with Gasteiger partial charge in [0.15, 0.2) is 0 Å². The summed E-state index contributed by atoms with van der Waals surface area (Å²) in [5, 5.41) is 2.70. The molecule has 0 unspecified atom stereocenters. The molecule has 0 aliphatic heterocycles. The van der Waals surface area contributed by atoms with Gasteiger partial charge in [-0.05, 0) is 31.4 Å². The predicted octanol–water partition coefficient (Wildman–Crippen LogP) is 3.13. The van der Waals surface area contributed by atoms with Crippen molar-refractivity contribution < 1.29 is 4.74 Å². The Morgan fingerprint density at radius 2 is 2.14 bits per heavy atom. The first-order valence-corrected chi connectivity index (χ1v) is 7.55. The number of nitrogens with zero attached hydrogens (tertiary/aromatic N) is 2. The second-order valence-corrected chi connectivity index (χ2v) is 5.94. The van der Waals surface area contributed by atoms with Crippen LogP contribution in [0.25, 0.3) is 10.1 Å². The topological polar surface area (TPSA) is 44.1 Å². The summed E-state index contributed by atoms with van der Waals surface area (Å²) >= 11 is 1.58. The van der Waals surface area contributed by atoms with Gasteiger partial charge < -0.3 is 9.30 Å². The van der Waals surface area contributed by atoms with Crippen molar-refractivity contribution in [3.8, 4) is 5.75 Å². The van der Waals surface area contributed by atoms with E-state index in [2.05, 4.69) is 4.98 Å². The van der Waals surface area contributed by atoms with Crippen LogP contribution in [0.3, 0.4) is 0 Å². The van der Waals surface area contributed by atoms with Crippen LogP contribution in [0.4, 0.5) is 0 Å². The van der Waals surface area contributed by atoms with Gasteiger partial charge in [0.05, 0.1) is 24.7 Å². The largest absolute Gasteiger partial charge is 0.496 e. The molecule has 0 saturated heterocycles. The summed E-state index contributed by atoms with van der Waals surface area (Å²) in [6.07, 6.45) is 3.62. The van der Waals surface area contributed by atoms with Gasteiger partial charge in [-0.25, -0.2) is 0 Å². The molecule has 3 aromatic rings. The quantitative estimate of drug-likeness (QED) is 0.746. The van der Waals surface area contributed by atoms with Crippen LogP contribution in [0.1, 0.15) is 16.8 Å². The molecule has 3 aromatic heterocycles. The number of aromatic nitrogens is 2. The smallest absolute Gasteiger partial charge is 0.259 e. The van der Waals surface area contributed by atoms with E-state index < -0.39 is 0 Å². The van der Waals surface area contributed by atoms with Crippen molar-refractivity contribution >= 4 is 21.4 Å². The Morgan fingerprint density at radius 3 is 2.90 bits per heavy atom. The maximum atomic E-state index is 12.4. The van der Waals surface area contributed by atoms with Gasteiger partial charge in [0.2, 0.25) is 0 Å². The minimum atomic E-state index is 0.0227. The predicted molar refractivity (Wildman–Crippen MR) is 85.5 cm³/mol. The van der Waals surface area contributed by atoms with E-state index in [0.717, 1.165) is 32.7 Å². The van der Waals surface area contributed by atoms with Gasteiger partial charge >= 0.3 is 0 Å². The minimum Gasteiger partial charge on any atom is -0.496 e. The summed E-state index contributed by atoms with van der Waals surface area (Å²) in [5.74, 6) is 0.838. The highest BCUT2D eigenvalue weighted by molar-refractivity contribution is 7.17. The fourth-order valence-electron chi connectivity index (χ4n) is 2.52. The minimum absolute atomic E-state index is 0.0227. The Morgan fingerprint density at radius 1 is 1.33 bits per heavy atom. The maximum Gasteiger partial charge on any atom is 0.259 e. The van der Waals surface area contributed by atoms with E-state index in [1.165, 1.54) is 0 Å². The molecule has 0 aromatic carbocycles. The number of pyridine rings is 2. The molecule has 0 aliphatic carbocycles. The Balaban J connectivity index is 2.06. The molecule has 0 amide bonds. The van der Waals surface area contributed by atoms with E-state index >= 15 is 0 Å². The van der Waals surface area contributed by atoms with Crippen LogP contribution in [0, 0.1) is 13.8 Å². The third kappa shape index (κ3) is 2.34. The molecule has 108 valence electrons. The van der Waals surface area contributed by atoms with Gasteiger partial charge in [-0.1, -0.05) is 0 Å². The lowest BCUT2D eigenvalue weighted by Gasteiger charge is -2.13. The van der Waals surface area contributed by atoms with Gasteiger partial charge in [0, 0.05) is 28.2 Å². The average Bonchev–Trinajstić information content (AvgIpc) is 2.94. The van der Waals surface area contributed by atoms with Crippen molar-refractivity contribution in [3.63, 3.8) is 0 Å². The zero-order valence-corrected chi connectivity index (χ0v) is 13.0. The van der Waals surface area contributed by atoms with Crippen LogP contribution >= 0.6 is 11.3 Å². The van der Waals surface area contributed by atoms with Crippen molar-refractivity contribution in [1.82, 2.24) is 9.55 Å². The van der Waals surface area contributed by atoms with Crippen molar-refractivity contribution in [2.45, 2.75) is 20.4 Å². The number of fused-ring (bicyclic) bond motifs is 1. The zero-order valence-electron chi connectivity index (χ0n) is 12.2. The van der Waals surface area contributed by atoms with Crippen molar-refractivity contribution in [2.24, 2.45) is 0 Å². The number of rotatable bonds is 3. The molecule has 0 N–H and O–H groups in total. The van der Waals surface area contributed by atoms with Gasteiger partial charge in [-0.2, -0.15) is 0 Å². The summed E-state index contributed by atoms with van der Waals surface area (Å²) in [5.41, 5.74) is 2.86. The summed E-state index contributed by atoms with van der Waals surface area (Å²) < 4.78 is 8.13. The first-order chi connectivity index (χ1) is 10.1. The lowest BCUT2D eigenvalue weighted by atomic mass is 10.1. The fraction of sp³-hybridized carbons (Fsp3) is 0.250. The van der Waals surface area contributed by atoms with Crippen LogP contribution in [0.15, 0.2) is 34.7 Å². The molecule has 5 heteroatoms. The molecule has 0 bridgehead atoms. The van der Waals surface area contributed by atoms with Crippen LogP contribution in [0.5, 0.6) is 5.75 Å². The first-order valence-electron chi connectivity index (χ1n) is 6.67. The fourth-order valence-corrected chi connectivity index (χ4v) is 3.30. The monoisotopic (exact) mass is 300 g/mol. The summed E-state index contributed by atoms with van der Waals surface area (Å²) in [6.45, 7) is 4.39. The molecule has 0 spiro atoms. The number of thiophene rings is 1. The molecule has 21 heavy (non-hydrogen) atoms. The second-order valence-electron chi connectivity index (χ2n) is 4.99. The molecule has 0 saturated carbocycles. The van der Waals surface area contributed by atoms with Crippen LogP contribution in [-0.4, -0.2) is 16.7 Å². The lowest BCUT2D eigenvalue weighted by Crippen LogP contribution is -2.20. The van der Waals surface area contributed by atoms with E-state index in [4.69, 9.17) is 4.74 Å². The maximum absolute atomic E-state index is 12.4. The van der Waals surface area contributed by atoms with Crippen molar-refractivity contribution in [1.29, 1.82) is 0 Å². The van der Waals surface area contributed by atoms with Crippen LogP contribution in [-0.2, 0) is 6.54 Å². The SMILES string of the molecule is COc1c(C)cnc(Cn2ccc3sccc3c2=O)c1C. The third-order valence-corrected chi connectivity index (χ3v) is 4.54. The molecule has 0 atom stereocenters. The van der Waals surface area contributed by atoms with E-state index in [0.29, 0.717) is 6.54 Å². The molecule has 3 rings (SSSR count). The summed E-state index contributed by atoms with van der Waals surface area (Å²) in [4.78, 5) is 16.9. The third-order valence-electron chi connectivity index (χ3n) is 3.66. The lowest BCUT2D eigenvalue weighted by molar-refractivity contribution is 0.406. The van der Waals surface area contributed by atoms with E-state index in [-0.39, 0.29) is 5.56 Å². The first kappa shape index (κ1) is 13.8. The number of aryl methyl sites for hydroxylation is 1. The number of hydrogen-bond acceptors (Lipinski definition) is 4. The molecule has 0 aliphatic rings.